The maximum absolute atomic E-state index is 12.1. The largest absolute Gasteiger partial charge is 0.493 e. The molecule has 0 aromatic heterocycles. The minimum Gasteiger partial charge on any atom is -0.493 e. The molecule has 1 fully saturated rings. The van der Waals surface area contributed by atoms with Crippen molar-refractivity contribution in [1.82, 2.24) is 10.2 Å². The number of rotatable bonds is 8. The maximum Gasteiger partial charge on any atom is 0.223 e. The average molecular weight is 383 g/mol. The van der Waals surface area contributed by atoms with Gasteiger partial charge in [-0.15, -0.1) is 0 Å². The lowest BCUT2D eigenvalue weighted by atomic mass is 10.1. The van der Waals surface area contributed by atoms with Gasteiger partial charge in [-0.25, -0.2) is 0 Å². The Morgan fingerprint density at radius 3 is 2.54 bits per heavy atom. The molecule has 150 valence electrons. The number of morpholine rings is 1. The van der Waals surface area contributed by atoms with Gasteiger partial charge in [0.1, 0.15) is 5.75 Å². The molecule has 2 aromatic rings. The zero-order valence-electron chi connectivity index (χ0n) is 16.9. The predicted molar refractivity (Wildman–Crippen MR) is 110 cm³/mol. The quantitative estimate of drug-likeness (QED) is 0.762. The topological polar surface area (TPSA) is 50.8 Å². The first kappa shape index (κ1) is 20.4. The van der Waals surface area contributed by atoms with Gasteiger partial charge in [0.25, 0.3) is 0 Å². The van der Waals surface area contributed by atoms with E-state index in [1.807, 2.05) is 19.1 Å². The number of nitrogens with one attached hydrogen (secondary N) is 1. The van der Waals surface area contributed by atoms with Crippen molar-refractivity contribution < 1.29 is 14.3 Å². The molecule has 2 aromatic carbocycles. The lowest BCUT2D eigenvalue weighted by Gasteiger charge is -2.26. The Labute approximate surface area is 167 Å². The molecule has 0 spiro atoms. The molecule has 1 amide bonds. The number of nitrogens with zero attached hydrogens (tertiary/aromatic N) is 1. The first-order valence-corrected chi connectivity index (χ1v) is 9.95. The number of aryl methyl sites for hydroxylation is 1. The predicted octanol–water partition coefficient (Wildman–Crippen LogP) is 3.22. The molecule has 28 heavy (non-hydrogen) atoms. The van der Waals surface area contributed by atoms with Crippen LogP contribution in [0.2, 0.25) is 0 Å². The summed E-state index contributed by atoms with van der Waals surface area (Å²) in [5, 5.41) is 2.97. The van der Waals surface area contributed by atoms with Gasteiger partial charge >= 0.3 is 0 Å². The summed E-state index contributed by atoms with van der Waals surface area (Å²) in [4.78, 5) is 14.5. The summed E-state index contributed by atoms with van der Waals surface area (Å²) in [6.07, 6.45) is 0.350. The van der Waals surface area contributed by atoms with Gasteiger partial charge in [-0.2, -0.15) is 0 Å². The highest BCUT2D eigenvalue weighted by Crippen LogP contribution is 2.20. The Kier molecular flexibility index (Phi) is 7.46. The van der Waals surface area contributed by atoms with Crippen LogP contribution < -0.4 is 10.1 Å². The van der Waals surface area contributed by atoms with E-state index in [0.717, 1.165) is 49.7 Å². The standard InChI is InChI=1S/C23H30N2O3/c1-18-4-3-5-22(19(18)2)28-13-10-23(26)24-16-20-6-8-21(9-7-20)17-25-11-14-27-15-12-25/h3-9H,10-17H2,1-2H3,(H,24,26). The molecule has 1 aliphatic heterocycles. The second-order valence-electron chi connectivity index (χ2n) is 7.28. The van der Waals surface area contributed by atoms with Crippen molar-refractivity contribution in [3.8, 4) is 5.75 Å². The van der Waals surface area contributed by atoms with Crippen molar-refractivity contribution in [1.29, 1.82) is 0 Å². The number of ether oxygens (including phenoxy) is 2. The van der Waals surface area contributed by atoms with Crippen LogP contribution in [0.1, 0.15) is 28.7 Å². The monoisotopic (exact) mass is 382 g/mol. The summed E-state index contributed by atoms with van der Waals surface area (Å²) in [5.41, 5.74) is 4.72. The Morgan fingerprint density at radius 1 is 1.07 bits per heavy atom. The molecule has 0 unspecified atom stereocenters. The minimum atomic E-state index is 0.00250. The number of carbonyl (C=O) groups excluding carboxylic acids is 1. The van der Waals surface area contributed by atoms with Crippen molar-refractivity contribution in [2.45, 2.75) is 33.4 Å². The van der Waals surface area contributed by atoms with Gasteiger partial charge < -0.3 is 14.8 Å². The van der Waals surface area contributed by atoms with Crippen LogP contribution in [0.5, 0.6) is 5.75 Å². The SMILES string of the molecule is Cc1cccc(OCCC(=O)NCc2ccc(CN3CCOCC3)cc2)c1C. The second-order valence-corrected chi connectivity index (χ2v) is 7.28. The van der Waals surface area contributed by atoms with Crippen LogP contribution in [0.4, 0.5) is 0 Å². The van der Waals surface area contributed by atoms with Crippen molar-refractivity contribution in [2.75, 3.05) is 32.9 Å². The van der Waals surface area contributed by atoms with Crippen LogP contribution in [-0.2, 0) is 22.6 Å². The molecule has 0 bridgehead atoms. The number of hydrogen-bond acceptors (Lipinski definition) is 4. The summed E-state index contributed by atoms with van der Waals surface area (Å²) in [5.74, 6) is 0.853. The Balaban J connectivity index is 1.37. The fourth-order valence-electron chi connectivity index (χ4n) is 3.20. The molecule has 1 N–H and O–H groups in total. The smallest absolute Gasteiger partial charge is 0.223 e. The average Bonchev–Trinajstić information content (AvgIpc) is 2.71. The van der Waals surface area contributed by atoms with E-state index in [1.165, 1.54) is 11.1 Å². The fourth-order valence-corrected chi connectivity index (χ4v) is 3.20. The van der Waals surface area contributed by atoms with Crippen LogP contribution in [0.3, 0.4) is 0 Å². The number of amides is 1. The van der Waals surface area contributed by atoms with E-state index in [1.54, 1.807) is 0 Å². The van der Waals surface area contributed by atoms with E-state index < -0.39 is 0 Å². The van der Waals surface area contributed by atoms with Crippen molar-refractivity contribution in [3.05, 3.63) is 64.7 Å². The molecule has 0 saturated carbocycles. The molecule has 1 saturated heterocycles. The number of hydrogen-bond donors (Lipinski definition) is 1. The lowest BCUT2D eigenvalue weighted by molar-refractivity contribution is -0.121. The van der Waals surface area contributed by atoms with Crippen LogP contribution in [0.15, 0.2) is 42.5 Å². The van der Waals surface area contributed by atoms with Gasteiger partial charge in [0, 0.05) is 26.2 Å². The highest BCUT2D eigenvalue weighted by molar-refractivity contribution is 5.76. The second kappa shape index (κ2) is 10.2. The van der Waals surface area contributed by atoms with Crippen molar-refractivity contribution in [2.24, 2.45) is 0 Å². The molecule has 5 heteroatoms. The molecule has 1 heterocycles. The molecule has 5 nitrogen and oxygen atoms in total. The Bertz CT molecular complexity index is 768. The van der Waals surface area contributed by atoms with Crippen LogP contribution in [0.25, 0.3) is 0 Å². The first-order chi connectivity index (χ1) is 13.6. The van der Waals surface area contributed by atoms with Gasteiger partial charge in [0.15, 0.2) is 0 Å². The fraction of sp³-hybridized carbons (Fsp3) is 0.435. The first-order valence-electron chi connectivity index (χ1n) is 9.95. The van der Waals surface area contributed by atoms with E-state index in [-0.39, 0.29) is 5.91 Å². The molecular weight excluding hydrogens is 352 g/mol. The third kappa shape index (κ3) is 6.08. The number of benzene rings is 2. The zero-order valence-corrected chi connectivity index (χ0v) is 16.9. The van der Waals surface area contributed by atoms with Gasteiger partial charge in [0.2, 0.25) is 5.91 Å². The third-order valence-electron chi connectivity index (χ3n) is 5.16. The molecule has 0 radical (unpaired) electrons. The summed E-state index contributed by atoms with van der Waals surface area (Å²) in [7, 11) is 0. The van der Waals surface area contributed by atoms with Gasteiger partial charge in [-0.05, 0) is 42.2 Å². The summed E-state index contributed by atoms with van der Waals surface area (Å²) in [6, 6.07) is 14.4. The van der Waals surface area contributed by atoms with Gasteiger partial charge in [-0.1, -0.05) is 36.4 Å². The molecule has 0 aliphatic carbocycles. The summed E-state index contributed by atoms with van der Waals surface area (Å²) in [6.45, 7) is 9.58. The number of carbonyl (C=O) groups is 1. The van der Waals surface area contributed by atoms with Crippen molar-refractivity contribution in [3.63, 3.8) is 0 Å². The van der Waals surface area contributed by atoms with E-state index in [9.17, 15) is 4.79 Å². The van der Waals surface area contributed by atoms with E-state index >= 15 is 0 Å². The maximum atomic E-state index is 12.1. The van der Waals surface area contributed by atoms with Gasteiger partial charge in [-0.3, -0.25) is 9.69 Å². The lowest BCUT2D eigenvalue weighted by Crippen LogP contribution is -2.35. The molecular formula is C23H30N2O3. The van der Waals surface area contributed by atoms with E-state index in [0.29, 0.717) is 19.6 Å². The summed E-state index contributed by atoms with van der Waals surface area (Å²) >= 11 is 0. The molecule has 1 aliphatic rings. The highest BCUT2D eigenvalue weighted by Gasteiger charge is 2.10. The minimum absolute atomic E-state index is 0.00250. The third-order valence-corrected chi connectivity index (χ3v) is 5.16. The van der Waals surface area contributed by atoms with Crippen LogP contribution >= 0.6 is 0 Å². The van der Waals surface area contributed by atoms with Gasteiger partial charge in [0.05, 0.1) is 26.2 Å². The normalized spacial score (nSPS) is 14.6. The van der Waals surface area contributed by atoms with E-state index in [4.69, 9.17) is 9.47 Å². The van der Waals surface area contributed by atoms with Crippen LogP contribution in [0, 0.1) is 13.8 Å². The zero-order chi connectivity index (χ0) is 19.8. The summed E-state index contributed by atoms with van der Waals surface area (Å²) < 4.78 is 11.1. The highest BCUT2D eigenvalue weighted by atomic mass is 16.5. The van der Waals surface area contributed by atoms with E-state index in [2.05, 4.69) is 47.5 Å². The van der Waals surface area contributed by atoms with Crippen LogP contribution in [-0.4, -0.2) is 43.7 Å². The Morgan fingerprint density at radius 2 is 1.79 bits per heavy atom. The van der Waals surface area contributed by atoms with Crippen molar-refractivity contribution >= 4 is 5.91 Å². The Hall–Kier alpha value is -2.37. The molecule has 3 rings (SSSR count). The molecule has 0 atom stereocenters.